The number of carbonyl (C=O) groups is 1. The maximum Gasteiger partial charge on any atom is 0.323 e. The van der Waals surface area contributed by atoms with Crippen molar-refractivity contribution in [3.05, 3.63) is 59.2 Å². The first-order valence-electron chi connectivity index (χ1n) is 7.43. The van der Waals surface area contributed by atoms with Crippen LogP contribution in [-0.4, -0.2) is 25.1 Å². The number of rotatable bonds is 3. The molecule has 0 atom stereocenters. The summed E-state index contributed by atoms with van der Waals surface area (Å²) in [5.74, 6) is 0. The van der Waals surface area contributed by atoms with E-state index >= 15 is 0 Å². The number of aromatic nitrogens is 1. The first-order valence-corrected chi connectivity index (χ1v) is 8.22. The number of hydrogen-bond donors (Lipinski definition) is 2. The van der Waals surface area contributed by atoms with Crippen molar-refractivity contribution in [3.8, 4) is 0 Å². The van der Waals surface area contributed by atoms with E-state index in [4.69, 9.17) is 0 Å². The second kappa shape index (κ2) is 6.88. The number of benzene rings is 2. The summed E-state index contributed by atoms with van der Waals surface area (Å²) in [4.78, 5) is 18.6. The van der Waals surface area contributed by atoms with Crippen LogP contribution in [0, 0.1) is 0 Å². The Labute approximate surface area is 148 Å². The standard InChI is InChI=1S/C18H17BrN4O/c1-23(2)13-8-6-12(7-9-13)21-18(24)22-16-10-11-20-17-14(16)4-3-5-15(17)19/h3-11H,1-2H3,(H2,20,21,22,24). The van der Waals surface area contributed by atoms with Crippen LogP contribution in [0.5, 0.6) is 0 Å². The van der Waals surface area contributed by atoms with Crippen LogP contribution in [0.2, 0.25) is 0 Å². The highest BCUT2D eigenvalue weighted by molar-refractivity contribution is 9.10. The van der Waals surface area contributed by atoms with Gasteiger partial charge < -0.3 is 15.5 Å². The van der Waals surface area contributed by atoms with Crippen molar-refractivity contribution in [2.24, 2.45) is 0 Å². The first kappa shape index (κ1) is 16.3. The van der Waals surface area contributed by atoms with Crippen LogP contribution in [0.4, 0.5) is 21.9 Å². The maximum absolute atomic E-state index is 12.3. The van der Waals surface area contributed by atoms with Gasteiger partial charge in [-0.3, -0.25) is 4.98 Å². The van der Waals surface area contributed by atoms with E-state index in [1.807, 2.05) is 61.5 Å². The van der Waals surface area contributed by atoms with Gasteiger partial charge in [0.15, 0.2) is 0 Å². The van der Waals surface area contributed by atoms with E-state index in [1.165, 1.54) is 0 Å². The van der Waals surface area contributed by atoms with Gasteiger partial charge in [0, 0.05) is 41.5 Å². The van der Waals surface area contributed by atoms with Crippen molar-refractivity contribution >= 4 is 49.9 Å². The molecule has 122 valence electrons. The molecule has 0 aliphatic carbocycles. The SMILES string of the molecule is CN(C)c1ccc(NC(=O)Nc2ccnc3c(Br)cccc23)cc1. The summed E-state index contributed by atoms with van der Waals surface area (Å²) in [6.45, 7) is 0. The fourth-order valence-electron chi connectivity index (χ4n) is 2.38. The molecule has 0 unspecified atom stereocenters. The normalized spacial score (nSPS) is 10.5. The van der Waals surface area contributed by atoms with E-state index < -0.39 is 0 Å². The molecule has 3 aromatic rings. The molecule has 2 N–H and O–H groups in total. The Morgan fingerprint density at radius 1 is 1.04 bits per heavy atom. The second-order valence-electron chi connectivity index (χ2n) is 5.51. The van der Waals surface area contributed by atoms with Gasteiger partial charge in [0.2, 0.25) is 0 Å². The Balaban J connectivity index is 1.77. The Morgan fingerprint density at radius 2 is 1.79 bits per heavy atom. The zero-order valence-corrected chi connectivity index (χ0v) is 15.0. The minimum Gasteiger partial charge on any atom is -0.378 e. The van der Waals surface area contributed by atoms with Gasteiger partial charge in [0.05, 0.1) is 11.2 Å². The molecule has 6 heteroatoms. The fraction of sp³-hybridized carbons (Fsp3) is 0.111. The predicted octanol–water partition coefficient (Wildman–Crippen LogP) is 4.71. The van der Waals surface area contributed by atoms with Crippen molar-refractivity contribution < 1.29 is 4.79 Å². The van der Waals surface area contributed by atoms with Crippen molar-refractivity contribution in [1.29, 1.82) is 0 Å². The molecule has 2 aromatic carbocycles. The predicted molar refractivity (Wildman–Crippen MR) is 103 cm³/mol. The van der Waals surface area contributed by atoms with E-state index in [2.05, 4.69) is 31.5 Å². The molecule has 0 aliphatic rings. The lowest BCUT2D eigenvalue weighted by atomic mass is 10.2. The van der Waals surface area contributed by atoms with Gasteiger partial charge in [0.1, 0.15) is 0 Å². The van der Waals surface area contributed by atoms with Crippen molar-refractivity contribution in [3.63, 3.8) is 0 Å². The van der Waals surface area contributed by atoms with Gasteiger partial charge in [-0.05, 0) is 52.3 Å². The van der Waals surface area contributed by atoms with Gasteiger partial charge >= 0.3 is 6.03 Å². The Hall–Kier alpha value is -2.60. The number of para-hydroxylation sites is 1. The molecule has 3 rings (SSSR count). The molecular formula is C18H17BrN4O. The minimum absolute atomic E-state index is 0.292. The molecule has 0 radical (unpaired) electrons. The molecule has 24 heavy (non-hydrogen) atoms. The summed E-state index contributed by atoms with van der Waals surface area (Å²) in [7, 11) is 3.95. The maximum atomic E-state index is 12.3. The number of nitrogens with one attached hydrogen (secondary N) is 2. The molecule has 1 heterocycles. The second-order valence-corrected chi connectivity index (χ2v) is 6.37. The average Bonchev–Trinajstić information content (AvgIpc) is 2.56. The van der Waals surface area contributed by atoms with E-state index in [-0.39, 0.29) is 6.03 Å². The lowest BCUT2D eigenvalue weighted by Gasteiger charge is -2.13. The van der Waals surface area contributed by atoms with Crippen LogP contribution >= 0.6 is 15.9 Å². The first-order chi connectivity index (χ1) is 11.5. The summed E-state index contributed by atoms with van der Waals surface area (Å²) in [6.07, 6.45) is 1.68. The molecule has 0 saturated heterocycles. The summed E-state index contributed by atoms with van der Waals surface area (Å²) >= 11 is 3.47. The van der Waals surface area contributed by atoms with Crippen LogP contribution in [-0.2, 0) is 0 Å². The largest absolute Gasteiger partial charge is 0.378 e. The van der Waals surface area contributed by atoms with E-state index in [1.54, 1.807) is 12.3 Å². The van der Waals surface area contributed by atoms with Crippen molar-refractivity contribution in [1.82, 2.24) is 4.98 Å². The van der Waals surface area contributed by atoms with Gasteiger partial charge in [-0.15, -0.1) is 0 Å². The molecule has 1 aromatic heterocycles. The zero-order chi connectivity index (χ0) is 17.1. The zero-order valence-electron chi connectivity index (χ0n) is 13.4. The Morgan fingerprint density at radius 3 is 2.50 bits per heavy atom. The molecule has 0 saturated carbocycles. The molecule has 0 spiro atoms. The number of carbonyl (C=O) groups excluding carboxylic acids is 1. The third kappa shape index (κ3) is 3.49. The monoisotopic (exact) mass is 384 g/mol. The fourth-order valence-corrected chi connectivity index (χ4v) is 2.85. The summed E-state index contributed by atoms with van der Waals surface area (Å²) in [6, 6.07) is 14.9. The smallest absolute Gasteiger partial charge is 0.323 e. The van der Waals surface area contributed by atoms with Crippen LogP contribution < -0.4 is 15.5 Å². The molecule has 0 fully saturated rings. The van der Waals surface area contributed by atoms with Crippen molar-refractivity contribution in [2.45, 2.75) is 0 Å². The highest BCUT2D eigenvalue weighted by atomic mass is 79.9. The highest BCUT2D eigenvalue weighted by Gasteiger charge is 2.08. The number of fused-ring (bicyclic) bond motifs is 1. The summed E-state index contributed by atoms with van der Waals surface area (Å²) < 4.78 is 0.892. The highest BCUT2D eigenvalue weighted by Crippen LogP contribution is 2.27. The van der Waals surface area contributed by atoms with Gasteiger partial charge in [0.25, 0.3) is 0 Å². The van der Waals surface area contributed by atoms with Crippen LogP contribution in [0.1, 0.15) is 0 Å². The van der Waals surface area contributed by atoms with Crippen molar-refractivity contribution in [2.75, 3.05) is 29.6 Å². The van der Waals surface area contributed by atoms with Crippen LogP contribution in [0.15, 0.2) is 59.2 Å². The van der Waals surface area contributed by atoms with Crippen LogP contribution in [0.25, 0.3) is 10.9 Å². The van der Waals surface area contributed by atoms with E-state index in [9.17, 15) is 4.79 Å². The van der Waals surface area contributed by atoms with E-state index in [0.29, 0.717) is 5.69 Å². The summed E-state index contributed by atoms with van der Waals surface area (Å²) in [5.41, 5.74) is 3.33. The molecule has 0 bridgehead atoms. The van der Waals surface area contributed by atoms with Crippen LogP contribution in [0.3, 0.4) is 0 Å². The molecular weight excluding hydrogens is 368 g/mol. The number of amides is 2. The summed E-state index contributed by atoms with van der Waals surface area (Å²) in [5, 5.41) is 6.59. The number of urea groups is 1. The van der Waals surface area contributed by atoms with E-state index in [0.717, 1.165) is 26.8 Å². The number of hydrogen-bond acceptors (Lipinski definition) is 3. The quantitative estimate of drug-likeness (QED) is 0.687. The number of pyridine rings is 1. The lowest BCUT2D eigenvalue weighted by Crippen LogP contribution is -2.19. The van der Waals surface area contributed by atoms with Gasteiger partial charge in [-0.2, -0.15) is 0 Å². The van der Waals surface area contributed by atoms with Gasteiger partial charge in [-0.1, -0.05) is 12.1 Å². The molecule has 0 aliphatic heterocycles. The molecule has 2 amide bonds. The topological polar surface area (TPSA) is 57.3 Å². The Bertz CT molecular complexity index is 878. The third-order valence-electron chi connectivity index (χ3n) is 3.61. The average molecular weight is 385 g/mol. The number of halogens is 1. The number of anilines is 3. The Kier molecular flexibility index (Phi) is 4.66. The third-order valence-corrected chi connectivity index (χ3v) is 4.25. The molecule has 5 nitrogen and oxygen atoms in total. The number of nitrogens with zero attached hydrogens (tertiary/aromatic N) is 2. The minimum atomic E-state index is -0.292. The van der Waals surface area contributed by atoms with Gasteiger partial charge in [-0.25, -0.2) is 4.79 Å². The lowest BCUT2D eigenvalue weighted by molar-refractivity contribution is 0.262.